The molecule has 7 heteroatoms. The van der Waals surface area contributed by atoms with Crippen LogP contribution in [0.2, 0.25) is 0 Å². The second kappa shape index (κ2) is 6.25. The Morgan fingerprint density at radius 2 is 2.20 bits per heavy atom. The van der Waals surface area contributed by atoms with E-state index >= 15 is 0 Å². The number of carbonyl (C=O) groups excluding carboxylic acids is 1. The highest BCUT2D eigenvalue weighted by Crippen LogP contribution is 2.28. The van der Waals surface area contributed by atoms with E-state index in [9.17, 15) is 4.79 Å². The van der Waals surface area contributed by atoms with Gasteiger partial charge in [-0.3, -0.25) is 4.79 Å². The molecule has 4 aromatic rings. The number of anilines is 1. The van der Waals surface area contributed by atoms with Crippen LogP contribution in [0, 0.1) is 6.92 Å². The molecule has 0 atom stereocenters. The fourth-order valence-electron chi connectivity index (χ4n) is 2.70. The molecule has 1 amide bonds. The molecule has 0 aliphatic rings. The average molecular weight is 400 g/mol. The van der Waals surface area contributed by atoms with Crippen molar-refractivity contribution in [3.8, 4) is 0 Å². The van der Waals surface area contributed by atoms with Gasteiger partial charge in [-0.25, -0.2) is 4.68 Å². The Labute approximate surface area is 151 Å². The molecule has 0 aliphatic heterocycles. The number of hydrogen-bond acceptors (Lipinski definition) is 4. The first-order valence-corrected chi connectivity index (χ1v) is 8.45. The number of hydrogen-bond donors (Lipinski definition) is 1. The summed E-state index contributed by atoms with van der Waals surface area (Å²) in [6.07, 6.45) is 3.23. The van der Waals surface area contributed by atoms with E-state index in [0.29, 0.717) is 23.7 Å². The molecule has 0 bridgehead atoms. The van der Waals surface area contributed by atoms with Crippen LogP contribution in [0.4, 0.5) is 5.82 Å². The lowest BCUT2D eigenvalue weighted by atomic mass is 10.1. The number of carbonyl (C=O) groups is 1. The number of aromatic nitrogens is 2. The van der Waals surface area contributed by atoms with Crippen molar-refractivity contribution in [3.63, 3.8) is 0 Å². The third-order valence-electron chi connectivity index (χ3n) is 3.95. The van der Waals surface area contributed by atoms with Gasteiger partial charge in [0.05, 0.1) is 12.5 Å². The summed E-state index contributed by atoms with van der Waals surface area (Å²) in [7, 11) is 0. The van der Waals surface area contributed by atoms with E-state index in [4.69, 9.17) is 8.83 Å². The van der Waals surface area contributed by atoms with Crippen LogP contribution in [-0.4, -0.2) is 15.7 Å². The second-order valence-corrected chi connectivity index (χ2v) is 6.52. The topological polar surface area (TPSA) is 73.2 Å². The van der Waals surface area contributed by atoms with Crippen LogP contribution in [0.1, 0.15) is 21.9 Å². The maximum atomic E-state index is 12.7. The summed E-state index contributed by atoms with van der Waals surface area (Å²) in [5.74, 6) is 1.30. The first kappa shape index (κ1) is 15.7. The SMILES string of the molecule is Cc1c(C(=O)Nc2ccnn2Cc2ccco2)oc2ccc(Br)cc12. The van der Waals surface area contributed by atoms with E-state index in [2.05, 4.69) is 26.3 Å². The molecule has 126 valence electrons. The Morgan fingerprint density at radius 3 is 3.00 bits per heavy atom. The molecule has 0 aliphatic carbocycles. The zero-order chi connectivity index (χ0) is 17.4. The lowest BCUT2D eigenvalue weighted by Crippen LogP contribution is -2.16. The molecule has 0 radical (unpaired) electrons. The second-order valence-electron chi connectivity index (χ2n) is 5.60. The molecule has 1 aromatic carbocycles. The molecule has 0 spiro atoms. The van der Waals surface area contributed by atoms with E-state index in [0.717, 1.165) is 21.2 Å². The summed E-state index contributed by atoms with van der Waals surface area (Å²) < 4.78 is 13.6. The van der Waals surface area contributed by atoms with E-state index in [1.54, 1.807) is 23.2 Å². The lowest BCUT2D eigenvalue weighted by Gasteiger charge is -2.07. The largest absolute Gasteiger partial charge is 0.467 e. The molecule has 6 nitrogen and oxygen atoms in total. The molecule has 3 aromatic heterocycles. The lowest BCUT2D eigenvalue weighted by molar-refractivity contribution is 0.0997. The number of nitrogens with zero attached hydrogens (tertiary/aromatic N) is 2. The predicted octanol–water partition coefficient (Wildman–Crippen LogP) is 4.59. The van der Waals surface area contributed by atoms with Gasteiger partial charge in [-0.1, -0.05) is 15.9 Å². The number of rotatable bonds is 4. The van der Waals surface area contributed by atoms with Crippen molar-refractivity contribution in [3.05, 3.63) is 70.4 Å². The van der Waals surface area contributed by atoms with Crippen molar-refractivity contribution >= 4 is 38.6 Å². The Morgan fingerprint density at radius 1 is 1.32 bits per heavy atom. The summed E-state index contributed by atoms with van der Waals surface area (Å²) >= 11 is 3.44. The molecule has 0 unspecified atom stereocenters. The standard InChI is InChI=1S/C18H14BrN3O3/c1-11-14-9-12(19)4-5-15(14)25-17(11)18(23)21-16-6-7-20-22(16)10-13-3-2-8-24-13/h2-9H,10H2,1H3,(H,21,23). The van der Waals surface area contributed by atoms with E-state index in [-0.39, 0.29) is 5.91 Å². The van der Waals surface area contributed by atoms with Crippen LogP contribution in [0.25, 0.3) is 11.0 Å². The molecular weight excluding hydrogens is 386 g/mol. The van der Waals surface area contributed by atoms with Gasteiger partial charge < -0.3 is 14.2 Å². The van der Waals surface area contributed by atoms with Crippen LogP contribution < -0.4 is 5.32 Å². The van der Waals surface area contributed by atoms with Crippen LogP contribution in [0.3, 0.4) is 0 Å². The van der Waals surface area contributed by atoms with E-state index in [1.165, 1.54) is 0 Å². The zero-order valence-corrected chi connectivity index (χ0v) is 14.9. The van der Waals surface area contributed by atoms with Crippen molar-refractivity contribution < 1.29 is 13.6 Å². The third kappa shape index (κ3) is 2.98. The van der Waals surface area contributed by atoms with E-state index < -0.39 is 0 Å². The van der Waals surface area contributed by atoms with Crippen LogP contribution >= 0.6 is 15.9 Å². The Hall–Kier alpha value is -2.80. The van der Waals surface area contributed by atoms with Crippen molar-refractivity contribution in [2.75, 3.05) is 5.32 Å². The third-order valence-corrected chi connectivity index (χ3v) is 4.44. The van der Waals surface area contributed by atoms with Gasteiger partial charge in [-0.05, 0) is 37.3 Å². The minimum Gasteiger partial charge on any atom is -0.467 e. The maximum absolute atomic E-state index is 12.7. The van der Waals surface area contributed by atoms with E-state index in [1.807, 2.05) is 37.3 Å². The van der Waals surface area contributed by atoms with Crippen molar-refractivity contribution in [2.24, 2.45) is 0 Å². The monoisotopic (exact) mass is 399 g/mol. The summed E-state index contributed by atoms with van der Waals surface area (Å²) in [6, 6.07) is 11.1. The summed E-state index contributed by atoms with van der Waals surface area (Å²) in [5.41, 5.74) is 1.47. The molecule has 0 fully saturated rings. The van der Waals surface area contributed by atoms with Crippen LogP contribution in [0.15, 0.2) is 62.2 Å². The van der Waals surface area contributed by atoms with Crippen molar-refractivity contribution in [1.82, 2.24) is 9.78 Å². The Balaban J connectivity index is 1.61. The summed E-state index contributed by atoms with van der Waals surface area (Å²) in [6.45, 7) is 2.30. The molecule has 4 rings (SSSR count). The highest BCUT2D eigenvalue weighted by atomic mass is 79.9. The van der Waals surface area contributed by atoms with Gasteiger partial charge in [0.15, 0.2) is 5.76 Å². The average Bonchev–Trinajstić information content (AvgIpc) is 3.31. The van der Waals surface area contributed by atoms with Gasteiger partial charge in [-0.15, -0.1) is 0 Å². The fraction of sp³-hybridized carbons (Fsp3) is 0.111. The molecule has 0 saturated carbocycles. The molecule has 3 heterocycles. The molecule has 1 N–H and O–H groups in total. The quantitative estimate of drug-likeness (QED) is 0.544. The van der Waals surface area contributed by atoms with Gasteiger partial charge in [-0.2, -0.15) is 5.10 Å². The molecule has 25 heavy (non-hydrogen) atoms. The number of fused-ring (bicyclic) bond motifs is 1. The first-order valence-electron chi connectivity index (χ1n) is 7.66. The Kier molecular flexibility index (Phi) is 3.93. The van der Waals surface area contributed by atoms with Crippen molar-refractivity contribution in [2.45, 2.75) is 13.5 Å². The number of benzene rings is 1. The normalized spacial score (nSPS) is 11.1. The molecule has 0 saturated heterocycles. The van der Waals surface area contributed by atoms with Gasteiger partial charge in [0.1, 0.15) is 23.7 Å². The first-order chi connectivity index (χ1) is 12.1. The van der Waals surface area contributed by atoms with Crippen molar-refractivity contribution in [1.29, 1.82) is 0 Å². The number of amides is 1. The smallest absolute Gasteiger partial charge is 0.292 e. The summed E-state index contributed by atoms with van der Waals surface area (Å²) in [4.78, 5) is 12.7. The Bertz CT molecular complexity index is 1050. The van der Waals surface area contributed by atoms with Crippen LogP contribution in [0.5, 0.6) is 0 Å². The number of aryl methyl sites for hydroxylation is 1. The molecular formula is C18H14BrN3O3. The van der Waals surface area contributed by atoms with Gasteiger partial charge in [0.25, 0.3) is 5.91 Å². The number of halogens is 1. The van der Waals surface area contributed by atoms with Gasteiger partial charge in [0, 0.05) is 21.5 Å². The highest BCUT2D eigenvalue weighted by molar-refractivity contribution is 9.10. The number of nitrogens with one attached hydrogen (secondary N) is 1. The minimum absolute atomic E-state index is 0.291. The highest BCUT2D eigenvalue weighted by Gasteiger charge is 2.19. The maximum Gasteiger partial charge on any atom is 0.292 e. The fourth-order valence-corrected chi connectivity index (χ4v) is 3.06. The van der Waals surface area contributed by atoms with Crippen LogP contribution in [-0.2, 0) is 6.54 Å². The number of furan rings is 2. The predicted molar refractivity (Wildman–Crippen MR) is 96.6 cm³/mol. The zero-order valence-electron chi connectivity index (χ0n) is 13.3. The summed E-state index contributed by atoms with van der Waals surface area (Å²) in [5, 5.41) is 7.98. The van der Waals surface area contributed by atoms with Gasteiger partial charge >= 0.3 is 0 Å². The van der Waals surface area contributed by atoms with Gasteiger partial charge in [0.2, 0.25) is 0 Å². The minimum atomic E-state index is -0.314.